The molecule has 2 heterocycles. The van der Waals surface area contributed by atoms with Gasteiger partial charge >= 0.3 is 0 Å². The summed E-state index contributed by atoms with van der Waals surface area (Å²) in [4.78, 5) is 9.94. The summed E-state index contributed by atoms with van der Waals surface area (Å²) in [7, 11) is 0. The minimum absolute atomic E-state index is 0.781. The molecule has 0 atom stereocenters. The summed E-state index contributed by atoms with van der Waals surface area (Å²) >= 11 is 12.6. The van der Waals surface area contributed by atoms with E-state index >= 15 is 0 Å². The fraction of sp³-hybridized carbons (Fsp3) is 0.348. The second-order valence-electron chi connectivity index (χ2n) is 7.71. The first kappa shape index (κ1) is 18.1. The van der Waals surface area contributed by atoms with Crippen LogP contribution in [-0.2, 0) is 12.8 Å². The number of nitrogens with zero attached hydrogens (tertiary/aromatic N) is 3. The fourth-order valence-electron chi connectivity index (χ4n) is 4.59. The van der Waals surface area contributed by atoms with Crippen LogP contribution in [0.3, 0.4) is 0 Å². The summed E-state index contributed by atoms with van der Waals surface area (Å²) < 4.78 is 0. The van der Waals surface area contributed by atoms with E-state index in [1.54, 1.807) is 0 Å². The van der Waals surface area contributed by atoms with Crippen LogP contribution >= 0.6 is 23.2 Å². The van der Waals surface area contributed by atoms with Crippen molar-refractivity contribution in [2.45, 2.75) is 25.7 Å². The molecule has 144 valence electrons. The molecule has 5 rings (SSSR count). The molecule has 0 saturated carbocycles. The highest BCUT2D eigenvalue weighted by molar-refractivity contribution is 6.31. The monoisotopic (exact) mass is 411 g/mol. The minimum Gasteiger partial charge on any atom is -0.368 e. The Morgan fingerprint density at radius 2 is 1.54 bits per heavy atom. The molecule has 1 aliphatic heterocycles. The molecule has 0 bridgehead atoms. The second kappa shape index (κ2) is 7.46. The van der Waals surface area contributed by atoms with Gasteiger partial charge in [-0.3, -0.25) is 4.98 Å². The standard InChI is InChI=1S/C23H23Cl2N3/c24-16-4-3-5-18(14-16)27-10-12-28(13-11-27)23-19-6-1-2-7-21(19)26-22-9-8-17(25)15-20(22)23/h3-5,8-9,14-15H,1-2,6-7,10-13H2. The van der Waals surface area contributed by atoms with Crippen molar-refractivity contribution >= 4 is 45.5 Å². The van der Waals surface area contributed by atoms with Crippen molar-refractivity contribution in [3.8, 4) is 0 Å². The molecule has 0 spiro atoms. The number of aryl methyl sites for hydroxylation is 1. The molecule has 5 heteroatoms. The lowest BCUT2D eigenvalue weighted by Crippen LogP contribution is -2.47. The predicted octanol–water partition coefficient (Wildman–Crippen LogP) is 5.75. The van der Waals surface area contributed by atoms with E-state index < -0.39 is 0 Å². The van der Waals surface area contributed by atoms with Gasteiger partial charge in [-0.15, -0.1) is 0 Å². The highest BCUT2D eigenvalue weighted by atomic mass is 35.5. The van der Waals surface area contributed by atoms with Crippen LogP contribution in [0.4, 0.5) is 11.4 Å². The zero-order valence-corrected chi connectivity index (χ0v) is 17.3. The van der Waals surface area contributed by atoms with Crippen LogP contribution < -0.4 is 9.80 Å². The number of hydrogen-bond acceptors (Lipinski definition) is 3. The van der Waals surface area contributed by atoms with Gasteiger partial charge in [-0.05, 0) is 67.6 Å². The Bertz CT molecular complexity index is 1030. The van der Waals surface area contributed by atoms with Crippen LogP contribution in [0.25, 0.3) is 10.9 Å². The molecular weight excluding hydrogens is 389 g/mol. The minimum atomic E-state index is 0.781. The topological polar surface area (TPSA) is 19.4 Å². The Kier molecular flexibility index (Phi) is 4.82. The Hall–Kier alpha value is -1.97. The lowest BCUT2D eigenvalue weighted by molar-refractivity contribution is 0.636. The smallest absolute Gasteiger partial charge is 0.0727 e. The molecular formula is C23H23Cl2N3. The van der Waals surface area contributed by atoms with E-state index in [4.69, 9.17) is 28.2 Å². The molecule has 1 aromatic heterocycles. The summed E-state index contributed by atoms with van der Waals surface area (Å²) in [6.07, 6.45) is 4.69. The first-order chi connectivity index (χ1) is 13.7. The van der Waals surface area contributed by atoms with Gasteiger partial charge in [0.15, 0.2) is 0 Å². The predicted molar refractivity (Wildman–Crippen MR) is 119 cm³/mol. The number of aromatic nitrogens is 1. The molecule has 0 unspecified atom stereocenters. The van der Waals surface area contributed by atoms with E-state index in [0.29, 0.717) is 0 Å². The highest BCUT2D eigenvalue weighted by Gasteiger charge is 2.25. The van der Waals surface area contributed by atoms with Gasteiger partial charge in [0, 0.05) is 53.0 Å². The SMILES string of the molecule is Clc1cccc(N2CCN(c3c4c(nc5ccc(Cl)cc35)CCCC4)CC2)c1. The number of anilines is 2. The molecule has 1 saturated heterocycles. The van der Waals surface area contributed by atoms with E-state index in [1.165, 1.54) is 40.9 Å². The lowest BCUT2D eigenvalue weighted by Gasteiger charge is -2.39. The third kappa shape index (κ3) is 3.31. The van der Waals surface area contributed by atoms with Crippen molar-refractivity contribution in [1.29, 1.82) is 0 Å². The number of fused-ring (bicyclic) bond motifs is 2. The van der Waals surface area contributed by atoms with Crippen LogP contribution in [0.1, 0.15) is 24.1 Å². The number of rotatable bonds is 2. The highest BCUT2D eigenvalue weighted by Crippen LogP contribution is 2.37. The van der Waals surface area contributed by atoms with Gasteiger partial charge < -0.3 is 9.80 Å². The number of halogens is 2. The van der Waals surface area contributed by atoms with E-state index in [2.05, 4.69) is 34.1 Å². The first-order valence-corrected chi connectivity index (χ1v) is 10.8. The molecule has 2 aromatic carbocycles. The lowest BCUT2D eigenvalue weighted by atomic mass is 9.92. The third-order valence-corrected chi connectivity index (χ3v) is 6.43. The van der Waals surface area contributed by atoms with Crippen molar-refractivity contribution in [1.82, 2.24) is 4.98 Å². The molecule has 0 radical (unpaired) electrons. The molecule has 3 aromatic rings. The van der Waals surface area contributed by atoms with E-state index in [-0.39, 0.29) is 0 Å². The molecule has 1 aliphatic carbocycles. The van der Waals surface area contributed by atoms with E-state index in [1.807, 2.05) is 18.2 Å². The summed E-state index contributed by atoms with van der Waals surface area (Å²) in [5.74, 6) is 0. The normalized spacial score (nSPS) is 17.1. The van der Waals surface area contributed by atoms with Crippen molar-refractivity contribution in [3.63, 3.8) is 0 Å². The summed E-state index contributed by atoms with van der Waals surface area (Å²) in [6.45, 7) is 3.95. The Morgan fingerprint density at radius 1 is 0.786 bits per heavy atom. The van der Waals surface area contributed by atoms with Crippen LogP contribution in [0.2, 0.25) is 10.0 Å². The first-order valence-electron chi connectivity index (χ1n) is 10.1. The summed E-state index contributed by atoms with van der Waals surface area (Å²) in [5.41, 5.74) is 6.37. The van der Waals surface area contributed by atoms with Gasteiger partial charge in [0.25, 0.3) is 0 Å². The molecule has 0 amide bonds. The fourth-order valence-corrected chi connectivity index (χ4v) is 4.95. The maximum absolute atomic E-state index is 6.36. The van der Waals surface area contributed by atoms with E-state index in [9.17, 15) is 0 Å². The van der Waals surface area contributed by atoms with Crippen LogP contribution in [0.15, 0.2) is 42.5 Å². The second-order valence-corrected chi connectivity index (χ2v) is 8.58. The van der Waals surface area contributed by atoms with Gasteiger partial charge in [0.2, 0.25) is 0 Å². The molecule has 3 nitrogen and oxygen atoms in total. The van der Waals surface area contributed by atoms with Crippen LogP contribution in [0.5, 0.6) is 0 Å². The summed E-state index contributed by atoms with van der Waals surface area (Å²) in [5, 5.41) is 2.77. The van der Waals surface area contributed by atoms with Crippen molar-refractivity contribution in [2.75, 3.05) is 36.0 Å². The number of hydrogen-bond donors (Lipinski definition) is 0. The number of pyridine rings is 1. The van der Waals surface area contributed by atoms with Gasteiger partial charge in [0.05, 0.1) is 11.2 Å². The van der Waals surface area contributed by atoms with Crippen LogP contribution in [0, 0.1) is 0 Å². The average molecular weight is 412 g/mol. The maximum atomic E-state index is 6.36. The zero-order valence-electron chi connectivity index (χ0n) is 15.8. The van der Waals surface area contributed by atoms with Crippen molar-refractivity contribution in [3.05, 3.63) is 63.8 Å². The van der Waals surface area contributed by atoms with Gasteiger partial charge in [-0.2, -0.15) is 0 Å². The Labute approximate surface area is 175 Å². The van der Waals surface area contributed by atoms with Gasteiger partial charge in [-0.1, -0.05) is 29.3 Å². The molecule has 1 fully saturated rings. The van der Waals surface area contributed by atoms with Crippen LogP contribution in [-0.4, -0.2) is 31.2 Å². The zero-order chi connectivity index (χ0) is 19.1. The van der Waals surface area contributed by atoms with Crippen molar-refractivity contribution < 1.29 is 0 Å². The van der Waals surface area contributed by atoms with E-state index in [0.717, 1.165) is 54.6 Å². The molecule has 28 heavy (non-hydrogen) atoms. The summed E-state index contributed by atoms with van der Waals surface area (Å²) in [6, 6.07) is 14.3. The molecule has 2 aliphatic rings. The average Bonchev–Trinajstić information content (AvgIpc) is 2.72. The largest absolute Gasteiger partial charge is 0.368 e. The Morgan fingerprint density at radius 3 is 2.36 bits per heavy atom. The number of piperazine rings is 1. The third-order valence-electron chi connectivity index (χ3n) is 5.96. The number of benzene rings is 2. The van der Waals surface area contributed by atoms with Gasteiger partial charge in [0.1, 0.15) is 0 Å². The van der Waals surface area contributed by atoms with Crippen molar-refractivity contribution in [2.24, 2.45) is 0 Å². The molecule has 0 N–H and O–H groups in total. The van der Waals surface area contributed by atoms with Gasteiger partial charge in [-0.25, -0.2) is 0 Å². The Balaban J connectivity index is 1.50. The maximum Gasteiger partial charge on any atom is 0.0727 e. The quantitative estimate of drug-likeness (QED) is 0.535.